The van der Waals surface area contributed by atoms with Crippen LogP contribution in [0, 0.1) is 19.7 Å². The van der Waals surface area contributed by atoms with Crippen LogP contribution >= 0.6 is 0 Å². The molecule has 0 unspecified atom stereocenters. The molecule has 2 aromatic rings. The number of aromatic nitrogens is 4. The van der Waals surface area contributed by atoms with Crippen LogP contribution in [-0.4, -0.2) is 26.8 Å². The van der Waals surface area contributed by atoms with Crippen LogP contribution < -0.4 is 5.32 Å². The molecule has 0 atom stereocenters. The summed E-state index contributed by atoms with van der Waals surface area (Å²) >= 11 is 0. The Morgan fingerprint density at radius 2 is 2.12 bits per heavy atom. The first kappa shape index (κ1) is 10.5. The fraction of sp³-hybridized carbons (Fsp3) is 0.300. The molecule has 0 amide bonds. The third-order valence-electron chi connectivity index (χ3n) is 2.16. The second-order valence-corrected chi connectivity index (χ2v) is 3.45. The summed E-state index contributed by atoms with van der Waals surface area (Å²) in [6.45, 7) is 3.70. The molecule has 0 bridgehead atoms. The maximum absolute atomic E-state index is 13.6. The maximum Gasteiger partial charge on any atom is 0.224 e. The molecule has 5 nitrogen and oxygen atoms in total. The van der Waals surface area contributed by atoms with Crippen molar-refractivity contribution >= 4 is 5.95 Å². The van der Waals surface area contributed by atoms with E-state index in [4.69, 9.17) is 0 Å². The van der Waals surface area contributed by atoms with Gasteiger partial charge in [0.1, 0.15) is 0 Å². The van der Waals surface area contributed by atoms with Crippen molar-refractivity contribution in [1.29, 1.82) is 0 Å². The molecule has 0 aliphatic heterocycles. The van der Waals surface area contributed by atoms with Gasteiger partial charge in [0.05, 0.1) is 11.9 Å². The Bertz CT molecular complexity index is 520. The molecule has 2 rings (SSSR count). The predicted molar refractivity (Wildman–Crippen MR) is 58.1 cm³/mol. The second kappa shape index (κ2) is 3.88. The Hall–Kier alpha value is -1.98. The topological polar surface area (TPSA) is 55.6 Å². The third-order valence-corrected chi connectivity index (χ3v) is 2.16. The summed E-state index contributed by atoms with van der Waals surface area (Å²) in [6, 6.07) is 1.86. The van der Waals surface area contributed by atoms with Crippen molar-refractivity contribution in [3.63, 3.8) is 0 Å². The minimum Gasteiger partial charge on any atom is -0.357 e. The number of nitrogens with one attached hydrogen (secondary N) is 1. The summed E-state index contributed by atoms with van der Waals surface area (Å²) in [5.74, 6) is 0.0269. The monoisotopic (exact) mass is 221 g/mol. The lowest BCUT2D eigenvalue weighted by Crippen LogP contribution is -2.08. The van der Waals surface area contributed by atoms with Crippen LogP contribution in [0.5, 0.6) is 0 Å². The smallest absolute Gasteiger partial charge is 0.224 e. The molecule has 0 aromatic carbocycles. The number of nitrogens with zero attached hydrogens (tertiary/aromatic N) is 4. The molecule has 0 radical (unpaired) electrons. The van der Waals surface area contributed by atoms with Crippen LogP contribution in [-0.2, 0) is 0 Å². The lowest BCUT2D eigenvalue weighted by Gasteiger charge is -2.06. The Morgan fingerprint density at radius 1 is 1.38 bits per heavy atom. The highest BCUT2D eigenvalue weighted by Crippen LogP contribution is 2.14. The summed E-state index contributed by atoms with van der Waals surface area (Å²) in [5, 5.41) is 6.94. The maximum atomic E-state index is 13.6. The van der Waals surface area contributed by atoms with Gasteiger partial charge in [0.25, 0.3) is 0 Å². The van der Waals surface area contributed by atoms with E-state index in [1.54, 1.807) is 7.05 Å². The number of anilines is 1. The quantitative estimate of drug-likeness (QED) is 0.834. The Balaban J connectivity index is 2.58. The van der Waals surface area contributed by atoms with Gasteiger partial charge in [-0.05, 0) is 19.9 Å². The molecule has 84 valence electrons. The summed E-state index contributed by atoms with van der Waals surface area (Å²) in [4.78, 5) is 7.82. The zero-order valence-electron chi connectivity index (χ0n) is 9.32. The predicted octanol–water partition coefficient (Wildman–Crippen LogP) is 1.46. The van der Waals surface area contributed by atoms with E-state index in [2.05, 4.69) is 20.4 Å². The van der Waals surface area contributed by atoms with Gasteiger partial charge in [-0.3, -0.25) is 0 Å². The number of hydrogen-bond acceptors (Lipinski definition) is 4. The largest absolute Gasteiger partial charge is 0.357 e. The molecular weight excluding hydrogens is 209 g/mol. The molecule has 0 fully saturated rings. The van der Waals surface area contributed by atoms with Crippen LogP contribution in [0.2, 0.25) is 0 Å². The lowest BCUT2D eigenvalue weighted by molar-refractivity contribution is 0.590. The molecular formula is C10H12FN5. The Kier molecular flexibility index (Phi) is 2.55. The minimum absolute atomic E-state index is 0.157. The lowest BCUT2D eigenvalue weighted by atomic mass is 10.4. The van der Waals surface area contributed by atoms with Crippen LogP contribution in [0.25, 0.3) is 5.82 Å². The molecule has 0 saturated heterocycles. The van der Waals surface area contributed by atoms with Crippen LogP contribution in [0.4, 0.5) is 10.3 Å². The standard InChI is InChI=1S/C10H12FN5/c1-6-4-7(2)16(15-6)9-8(11)5-13-10(12-3)14-9/h4-5H,1-3H3,(H,12,13,14). The summed E-state index contributed by atoms with van der Waals surface area (Å²) in [6.07, 6.45) is 1.13. The van der Waals surface area contributed by atoms with Gasteiger partial charge in [0.15, 0.2) is 11.6 Å². The first-order chi connectivity index (χ1) is 7.61. The van der Waals surface area contributed by atoms with Gasteiger partial charge in [0.2, 0.25) is 5.95 Å². The van der Waals surface area contributed by atoms with E-state index >= 15 is 0 Å². The third kappa shape index (κ3) is 1.73. The van der Waals surface area contributed by atoms with Crippen molar-refractivity contribution in [2.75, 3.05) is 12.4 Å². The summed E-state index contributed by atoms with van der Waals surface area (Å²) < 4.78 is 15.0. The van der Waals surface area contributed by atoms with Crippen molar-refractivity contribution in [2.24, 2.45) is 0 Å². The molecule has 0 saturated carbocycles. The fourth-order valence-electron chi connectivity index (χ4n) is 1.47. The minimum atomic E-state index is -0.495. The van der Waals surface area contributed by atoms with Gasteiger partial charge in [-0.15, -0.1) is 0 Å². The van der Waals surface area contributed by atoms with Crippen molar-refractivity contribution < 1.29 is 4.39 Å². The normalized spacial score (nSPS) is 10.5. The van der Waals surface area contributed by atoms with Crippen LogP contribution in [0.1, 0.15) is 11.4 Å². The van der Waals surface area contributed by atoms with Gasteiger partial charge >= 0.3 is 0 Å². The summed E-state index contributed by atoms with van der Waals surface area (Å²) in [5.41, 5.74) is 1.65. The number of halogens is 1. The SMILES string of the molecule is CNc1ncc(F)c(-n2nc(C)cc2C)n1. The van der Waals surface area contributed by atoms with E-state index in [0.717, 1.165) is 17.6 Å². The van der Waals surface area contributed by atoms with E-state index in [1.165, 1.54) is 4.68 Å². The number of hydrogen-bond donors (Lipinski definition) is 1. The highest BCUT2D eigenvalue weighted by Gasteiger charge is 2.11. The molecule has 6 heteroatoms. The molecule has 1 N–H and O–H groups in total. The average molecular weight is 221 g/mol. The van der Waals surface area contributed by atoms with Crippen molar-refractivity contribution in [3.8, 4) is 5.82 Å². The van der Waals surface area contributed by atoms with Crippen molar-refractivity contribution in [1.82, 2.24) is 19.7 Å². The van der Waals surface area contributed by atoms with E-state index in [1.807, 2.05) is 19.9 Å². The fourth-order valence-corrected chi connectivity index (χ4v) is 1.47. The van der Waals surface area contributed by atoms with Gasteiger partial charge in [0, 0.05) is 12.7 Å². The van der Waals surface area contributed by atoms with Gasteiger partial charge in [-0.2, -0.15) is 10.1 Å². The van der Waals surface area contributed by atoms with Gasteiger partial charge in [-0.25, -0.2) is 14.1 Å². The van der Waals surface area contributed by atoms with Crippen molar-refractivity contribution in [3.05, 3.63) is 29.5 Å². The molecule has 2 aromatic heterocycles. The average Bonchev–Trinajstić information content (AvgIpc) is 2.58. The zero-order chi connectivity index (χ0) is 11.7. The van der Waals surface area contributed by atoms with E-state index in [0.29, 0.717) is 5.95 Å². The van der Waals surface area contributed by atoms with E-state index in [9.17, 15) is 4.39 Å². The zero-order valence-corrected chi connectivity index (χ0v) is 9.32. The molecule has 0 aliphatic carbocycles. The molecule has 0 spiro atoms. The van der Waals surface area contributed by atoms with E-state index < -0.39 is 5.82 Å². The highest BCUT2D eigenvalue weighted by molar-refractivity contribution is 5.33. The van der Waals surface area contributed by atoms with Gasteiger partial charge in [-0.1, -0.05) is 0 Å². The Labute approximate surface area is 92.3 Å². The highest BCUT2D eigenvalue weighted by atomic mass is 19.1. The first-order valence-electron chi connectivity index (χ1n) is 4.85. The van der Waals surface area contributed by atoms with Crippen LogP contribution in [0.3, 0.4) is 0 Å². The molecule has 0 aliphatic rings. The van der Waals surface area contributed by atoms with Gasteiger partial charge < -0.3 is 5.32 Å². The second-order valence-electron chi connectivity index (χ2n) is 3.45. The molecule has 2 heterocycles. The summed E-state index contributed by atoms with van der Waals surface area (Å²) in [7, 11) is 1.68. The molecule has 16 heavy (non-hydrogen) atoms. The van der Waals surface area contributed by atoms with E-state index in [-0.39, 0.29) is 5.82 Å². The Morgan fingerprint density at radius 3 is 2.69 bits per heavy atom. The number of aryl methyl sites for hydroxylation is 2. The van der Waals surface area contributed by atoms with Crippen molar-refractivity contribution in [2.45, 2.75) is 13.8 Å². The number of rotatable bonds is 2. The first-order valence-corrected chi connectivity index (χ1v) is 4.85. The van der Waals surface area contributed by atoms with Crippen LogP contribution in [0.15, 0.2) is 12.3 Å².